The van der Waals surface area contributed by atoms with Crippen molar-refractivity contribution in [3.8, 4) is 0 Å². The van der Waals surface area contributed by atoms with Gasteiger partial charge in [-0.1, -0.05) is 20.3 Å². The fraction of sp³-hybridized carbons (Fsp3) is 1.00. The summed E-state index contributed by atoms with van der Waals surface area (Å²) >= 11 is 0. The van der Waals surface area contributed by atoms with Gasteiger partial charge < -0.3 is 15.0 Å². The number of nitrogens with one attached hydrogen (secondary N) is 1. The smallest absolute Gasteiger partial charge is 0.0702 e. The predicted molar refractivity (Wildman–Crippen MR) is 75.9 cm³/mol. The minimum atomic E-state index is 0.516. The quantitative estimate of drug-likeness (QED) is 0.787. The number of ether oxygens (including phenoxy) is 1. The number of nitrogens with zero attached hydrogens (tertiary/aromatic N) is 1. The second kappa shape index (κ2) is 7.46. The molecule has 0 aliphatic carbocycles. The summed E-state index contributed by atoms with van der Waals surface area (Å²) in [6.07, 6.45) is 6.89. The summed E-state index contributed by atoms with van der Waals surface area (Å²) in [5.74, 6) is 0.826. The lowest BCUT2D eigenvalue weighted by Crippen LogP contribution is -2.50. The van der Waals surface area contributed by atoms with Crippen molar-refractivity contribution in [2.75, 3.05) is 32.8 Å². The molecular weight excluding hydrogens is 224 g/mol. The van der Waals surface area contributed by atoms with Crippen molar-refractivity contribution in [1.82, 2.24) is 10.2 Å². The molecule has 3 nitrogen and oxygen atoms in total. The molecule has 18 heavy (non-hydrogen) atoms. The molecule has 0 aromatic rings. The Bertz CT molecular complexity index is 229. The molecule has 0 saturated carbocycles. The van der Waals surface area contributed by atoms with Crippen LogP contribution < -0.4 is 5.32 Å². The molecule has 2 fully saturated rings. The minimum absolute atomic E-state index is 0.516. The normalized spacial score (nSPS) is 34.0. The first-order valence-corrected chi connectivity index (χ1v) is 7.90. The van der Waals surface area contributed by atoms with E-state index in [0.29, 0.717) is 6.10 Å². The van der Waals surface area contributed by atoms with Crippen LogP contribution in [0.25, 0.3) is 0 Å². The first-order valence-electron chi connectivity index (χ1n) is 7.90. The van der Waals surface area contributed by atoms with Gasteiger partial charge in [-0.15, -0.1) is 0 Å². The Morgan fingerprint density at radius 3 is 2.83 bits per heavy atom. The first kappa shape index (κ1) is 14.3. The lowest BCUT2D eigenvalue weighted by Gasteiger charge is -2.39. The fourth-order valence-corrected chi connectivity index (χ4v) is 3.36. The molecule has 2 aliphatic heterocycles. The number of likely N-dealkylation sites (tertiary alicyclic amines) is 1. The maximum absolute atomic E-state index is 5.76. The third kappa shape index (κ3) is 3.94. The van der Waals surface area contributed by atoms with Gasteiger partial charge in [-0.3, -0.25) is 0 Å². The maximum atomic E-state index is 5.76. The van der Waals surface area contributed by atoms with Crippen LogP contribution in [0.3, 0.4) is 0 Å². The van der Waals surface area contributed by atoms with Gasteiger partial charge in [0.15, 0.2) is 0 Å². The highest BCUT2D eigenvalue weighted by molar-refractivity contribution is 4.85. The zero-order valence-electron chi connectivity index (χ0n) is 12.2. The van der Waals surface area contributed by atoms with Crippen LogP contribution in [0.5, 0.6) is 0 Å². The van der Waals surface area contributed by atoms with Crippen molar-refractivity contribution >= 4 is 0 Å². The van der Waals surface area contributed by atoms with E-state index in [0.717, 1.165) is 25.1 Å². The fourth-order valence-electron chi connectivity index (χ4n) is 3.36. The molecular formula is C15H30N2O. The van der Waals surface area contributed by atoms with Gasteiger partial charge >= 0.3 is 0 Å². The molecule has 106 valence electrons. The van der Waals surface area contributed by atoms with E-state index in [2.05, 4.69) is 24.1 Å². The second-order valence-corrected chi connectivity index (χ2v) is 5.91. The molecule has 3 heteroatoms. The molecule has 0 aromatic heterocycles. The highest BCUT2D eigenvalue weighted by atomic mass is 16.5. The summed E-state index contributed by atoms with van der Waals surface area (Å²) < 4.78 is 5.76. The Kier molecular flexibility index (Phi) is 5.93. The SMILES string of the molecule is CCCNC1CCN(CC2CCCO2)CC1CC. The molecule has 0 bridgehead atoms. The summed E-state index contributed by atoms with van der Waals surface area (Å²) in [7, 11) is 0. The molecule has 2 rings (SSSR count). The molecule has 2 aliphatic rings. The van der Waals surface area contributed by atoms with Crippen LogP contribution in [0, 0.1) is 5.92 Å². The van der Waals surface area contributed by atoms with Crippen LogP contribution in [0.4, 0.5) is 0 Å². The standard InChI is InChI=1S/C15H30N2O/c1-3-8-16-15-7-9-17(11-13(15)4-2)12-14-6-5-10-18-14/h13-16H,3-12H2,1-2H3. The molecule has 2 heterocycles. The number of hydrogen-bond donors (Lipinski definition) is 1. The monoisotopic (exact) mass is 254 g/mol. The third-order valence-corrected chi connectivity index (χ3v) is 4.48. The minimum Gasteiger partial charge on any atom is -0.377 e. The van der Waals surface area contributed by atoms with Gasteiger partial charge in [-0.25, -0.2) is 0 Å². The number of hydrogen-bond acceptors (Lipinski definition) is 3. The second-order valence-electron chi connectivity index (χ2n) is 5.91. The van der Waals surface area contributed by atoms with Gasteiger partial charge in [0.25, 0.3) is 0 Å². The highest BCUT2D eigenvalue weighted by Gasteiger charge is 2.29. The Morgan fingerprint density at radius 2 is 2.17 bits per heavy atom. The zero-order chi connectivity index (χ0) is 12.8. The number of piperidine rings is 1. The predicted octanol–water partition coefficient (Wildman–Crippen LogP) is 2.27. The highest BCUT2D eigenvalue weighted by Crippen LogP contribution is 2.22. The lowest BCUT2D eigenvalue weighted by atomic mass is 9.89. The number of rotatable bonds is 6. The van der Waals surface area contributed by atoms with Crippen LogP contribution in [0.1, 0.15) is 46.0 Å². The van der Waals surface area contributed by atoms with Crippen molar-refractivity contribution in [3.05, 3.63) is 0 Å². The maximum Gasteiger partial charge on any atom is 0.0702 e. The molecule has 3 atom stereocenters. The van der Waals surface area contributed by atoms with Gasteiger partial charge in [0.05, 0.1) is 6.10 Å². The average Bonchev–Trinajstić information content (AvgIpc) is 2.90. The molecule has 1 N–H and O–H groups in total. The largest absolute Gasteiger partial charge is 0.377 e. The Balaban J connectivity index is 1.76. The lowest BCUT2D eigenvalue weighted by molar-refractivity contribution is 0.0481. The van der Waals surface area contributed by atoms with Crippen LogP contribution in [-0.2, 0) is 4.74 Å². The summed E-state index contributed by atoms with van der Waals surface area (Å²) in [6.45, 7) is 10.4. The summed E-state index contributed by atoms with van der Waals surface area (Å²) in [6, 6.07) is 0.746. The van der Waals surface area contributed by atoms with E-state index in [9.17, 15) is 0 Å². The molecule has 0 spiro atoms. The van der Waals surface area contributed by atoms with Crippen LogP contribution >= 0.6 is 0 Å². The molecule has 0 amide bonds. The molecule has 2 saturated heterocycles. The summed E-state index contributed by atoms with van der Waals surface area (Å²) in [5.41, 5.74) is 0. The van der Waals surface area contributed by atoms with Crippen molar-refractivity contribution in [2.24, 2.45) is 5.92 Å². The first-order chi connectivity index (χ1) is 8.83. The molecule has 0 aromatic carbocycles. The van der Waals surface area contributed by atoms with E-state index in [1.54, 1.807) is 0 Å². The third-order valence-electron chi connectivity index (χ3n) is 4.48. The van der Waals surface area contributed by atoms with Crippen molar-refractivity contribution in [3.63, 3.8) is 0 Å². The van der Waals surface area contributed by atoms with Gasteiger partial charge in [0.1, 0.15) is 0 Å². The van der Waals surface area contributed by atoms with Gasteiger partial charge in [-0.2, -0.15) is 0 Å². The van der Waals surface area contributed by atoms with Gasteiger partial charge in [-0.05, 0) is 44.7 Å². The summed E-state index contributed by atoms with van der Waals surface area (Å²) in [5, 5.41) is 3.73. The van der Waals surface area contributed by atoms with Crippen LogP contribution in [-0.4, -0.2) is 49.8 Å². The van der Waals surface area contributed by atoms with Gasteiger partial charge in [0.2, 0.25) is 0 Å². The van der Waals surface area contributed by atoms with Crippen molar-refractivity contribution in [2.45, 2.75) is 58.1 Å². The topological polar surface area (TPSA) is 24.5 Å². The van der Waals surface area contributed by atoms with E-state index in [4.69, 9.17) is 4.74 Å². The average molecular weight is 254 g/mol. The van der Waals surface area contributed by atoms with Crippen molar-refractivity contribution in [1.29, 1.82) is 0 Å². The van der Waals surface area contributed by atoms with Crippen LogP contribution in [0.15, 0.2) is 0 Å². The van der Waals surface area contributed by atoms with Crippen molar-refractivity contribution < 1.29 is 4.74 Å². The summed E-state index contributed by atoms with van der Waals surface area (Å²) in [4.78, 5) is 2.63. The molecule has 0 radical (unpaired) electrons. The van der Waals surface area contributed by atoms with Crippen LogP contribution in [0.2, 0.25) is 0 Å². The van der Waals surface area contributed by atoms with E-state index in [1.165, 1.54) is 51.7 Å². The van der Waals surface area contributed by atoms with E-state index in [1.807, 2.05) is 0 Å². The van der Waals surface area contributed by atoms with E-state index >= 15 is 0 Å². The Hall–Kier alpha value is -0.120. The van der Waals surface area contributed by atoms with E-state index < -0.39 is 0 Å². The van der Waals surface area contributed by atoms with Gasteiger partial charge in [0, 0.05) is 25.7 Å². The zero-order valence-corrected chi connectivity index (χ0v) is 12.2. The Labute approximate surface area is 112 Å². The Morgan fingerprint density at radius 1 is 1.28 bits per heavy atom. The molecule has 3 unspecified atom stereocenters. The van der Waals surface area contributed by atoms with E-state index in [-0.39, 0.29) is 0 Å².